The molecule has 5 heteroatoms. The van der Waals surface area contributed by atoms with Crippen molar-refractivity contribution in [1.82, 2.24) is 4.98 Å². The van der Waals surface area contributed by atoms with E-state index in [-0.39, 0.29) is 5.82 Å². The standard InChI is InChI=1S/C24H29FN4/c25-19-3-1-4-21(13-19)28-9-2-5-22-23(28)7-10-29(22)24-14-20(6-8-26-24)27-15-17-11-18(12-17)16-27/h1,3-4,6,8,13-14,17-18,22-23H,2,5,7,9-12,15-16H2/t17?,18?,22-,23-/m0/s1. The average molecular weight is 393 g/mol. The third-order valence-corrected chi connectivity index (χ3v) is 7.63. The Labute approximate surface area is 172 Å². The number of aromatic nitrogens is 1. The third kappa shape index (κ3) is 3.06. The van der Waals surface area contributed by atoms with Gasteiger partial charge in [0.05, 0.1) is 12.1 Å². The fourth-order valence-electron chi connectivity index (χ4n) is 6.29. The van der Waals surface area contributed by atoms with Gasteiger partial charge in [-0.3, -0.25) is 0 Å². The molecule has 1 aliphatic carbocycles. The van der Waals surface area contributed by atoms with Crippen LogP contribution in [0.4, 0.5) is 21.6 Å². The highest BCUT2D eigenvalue weighted by molar-refractivity contribution is 5.58. The molecule has 0 radical (unpaired) electrons. The van der Waals surface area contributed by atoms with Gasteiger partial charge in [0.25, 0.3) is 0 Å². The van der Waals surface area contributed by atoms with Crippen LogP contribution in [0.15, 0.2) is 42.6 Å². The highest BCUT2D eigenvalue weighted by atomic mass is 19.1. The van der Waals surface area contributed by atoms with E-state index >= 15 is 0 Å². The van der Waals surface area contributed by atoms with E-state index in [2.05, 4.69) is 32.9 Å². The summed E-state index contributed by atoms with van der Waals surface area (Å²) in [6.07, 6.45) is 8.30. The van der Waals surface area contributed by atoms with E-state index in [1.165, 1.54) is 44.1 Å². The van der Waals surface area contributed by atoms with E-state index in [1.807, 2.05) is 12.3 Å². The molecular weight excluding hydrogens is 363 g/mol. The Bertz CT molecular complexity index is 886. The number of halogens is 1. The summed E-state index contributed by atoms with van der Waals surface area (Å²) >= 11 is 0. The van der Waals surface area contributed by atoms with Gasteiger partial charge in [-0.2, -0.15) is 0 Å². The highest BCUT2D eigenvalue weighted by Gasteiger charge is 2.41. The van der Waals surface area contributed by atoms with Crippen LogP contribution in [-0.4, -0.2) is 43.2 Å². The first-order valence-corrected chi connectivity index (χ1v) is 11.2. The van der Waals surface area contributed by atoms with Gasteiger partial charge in [-0.1, -0.05) is 6.07 Å². The number of nitrogens with zero attached hydrogens (tertiary/aromatic N) is 4. The lowest BCUT2D eigenvalue weighted by atomic mass is 9.71. The lowest BCUT2D eigenvalue weighted by molar-refractivity contribution is 0.159. The normalized spacial score (nSPS) is 30.9. The quantitative estimate of drug-likeness (QED) is 0.776. The average Bonchev–Trinajstić information content (AvgIpc) is 3.18. The Hall–Kier alpha value is -2.30. The molecule has 4 saturated heterocycles. The minimum atomic E-state index is -0.145. The Balaban J connectivity index is 1.24. The zero-order valence-corrected chi connectivity index (χ0v) is 16.9. The molecule has 7 rings (SSSR count). The van der Waals surface area contributed by atoms with Crippen molar-refractivity contribution >= 4 is 17.2 Å². The van der Waals surface area contributed by atoms with Crippen molar-refractivity contribution in [2.45, 2.75) is 44.2 Å². The van der Waals surface area contributed by atoms with Crippen molar-refractivity contribution in [3.05, 3.63) is 48.4 Å². The van der Waals surface area contributed by atoms with Gasteiger partial charge < -0.3 is 14.7 Å². The van der Waals surface area contributed by atoms with Crippen LogP contribution in [0.25, 0.3) is 0 Å². The highest BCUT2D eigenvalue weighted by Crippen LogP contribution is 2.42. The molecule has 5 heterocycles. The number of benzene rings is 1. The zero-order valence-electron chi connectivity index (χ0n) is 16.9. The molecule has 4 nitrogen and oxygen atoms in total. The van der Waals surface area contributed by atoms with Crippen LogP contribution in [0.2, 0.25) is 0 Å². The maximum atomic E-state index is 13.8. The maximum Gasteiger partial charge on any atom is 0.130 e. The number of rotatable bonds is 3. The fourth-order valence-corrected chi connectivity index (χ4v) is 6.29. The minimum Gasteiger partial charge on any atom is -0.371 e. The van der Waals surface area contributed by atoms with E-state index in [0.717, 1.165) is 49.3 Å². The number of piperidine rings is 3. The number of pyridine rings is 1. The predicted molar refractivity (Wildman–Crippen MR) is 115 cm³/mol. The van der Waals surface area contributed by atoms with Crippen LogP contribution in [0.1, 0.15) is 32.1 Å². The zero-order chi connectivity index (χ0) is 19.4. The summed E-state index contributed by atoms with van der Waals surface area (Å²) in [6, 6.07) is 12.5. The second-order valence-electron chi connectivity index (χ2n) is 9.41. The Morgan fingerprint density at radius 2 is 1.69 bits per heavy atom. The van der Waals surface area contributed by atoms with E-state index in [9.17, 15) is 4.39 Å². The molecule has 152 valence electrons. The molecule has 1 saturated carbocycles. The molecule has 1 aromatic carbocycles. The lowest BCUT2D eigenvalue weighted by Gasteiger charge is -2.48. The number of anilines is 3. The molecule has 2 aromatic rings. The second-order valence-corrected chi connectivity index (χ2v) is 9.41. The van der Waals surface area contributed by atoms with Gasteiger partial charge in [0, 0.05) is 49.8 Å². The second kappa shape index (κ2) is 6.89. The summed E-state index contributed by atoms with van der Waals surface area (Å²) < 4.78 is 13.8. The van der Waals surface area contributed by atoms with Crippen LogP contribution in [-0.2, 0) is 0 Å². The Morgan fingerprint density at radius 3 is 2.52 bits per heavy atom. The van der Waals surface area contributed by atoms with Crippen molar-refractivity contribution in [3.8, 4) is 0 Å². The molecule has 5 aliphatic rings. The van der Waals surface area contributed by atoms with E-state index in [1.54, 1.807) is 6.07 Å². The van der Waals surface area contributed by atoms with Gasteiger partial charge in [0.15, 0.2) is 0 Å². The molecule has 4 aliphatic heterocycles. The summed E-state index contributed by atoms with van der Waals surface area (Å²) in [4.78, 5) is 12.3. The van der Waals surface area contributed by atoms with Crippen LogP contribution in [0, 0.1) is 17.7 Å². The number of hydrogen-bond acceptors (Lipinski definition) is 4. The molecule has 1 aromatic heterocycles. The number of fused-ring (bicyclic) bond motifs is 3. The van der Waals surface area contributed by atoms with Crippen LogP contribution < -0.4 is 14.7 Å². The largest absolute Gasteiger partial charge is 0.371 e. The van der Waals surface area contributed by atoms with Gasteiger partial charge in [-0.15, -0.1) is 0 Å². The predicted octanol–water partition coefficient (Wildman–Crippen LogP) is 4.31. The lowest BCUT2D eigenvalue weighted by Crippen LogP contribution is -2.50. The molecule has 0 N–H and O–H groups in total. The topological polar surface area (TPSA) is 22.6 Å². The summed E-state index contributed by atoms with van der Waals surface area (Å²) in [5, 5.41) is 0. The number of hydrogen-bond donors (Lipinski definition) is 0. The van der Waals surface area contributed by atoms with Crippen molar-refractivity contribution in [3.63, 3.8) is 0 Å². The fraction of sp³-hybridized carbons (Fsp3) is 0.542. The summed E-state index contributed by atoms with van der Waals surface area (Å²) in [5.41, 5.74) is 2.36. The minimum absolute atomic E-state index is 0.145. The van der Waals surface area contributed by atoms with Gasteiger partial charge in [-0.25, -0.2) is 9.37 Å². The van der Waals surface area contributed by atoms with Gasteiger partial charge in [-0.05, 0) is 68.2 Å². The van der Waals surface area contributed by atoms with Crippen molar-refractivity contribution < 1.29 is 4.39 Å². The van der Waals surface area contributed by atoms with Gasteiger partial charge >= 0.3 is 0 Å². The van der Waals surface area contributed by atoms with Crippen LogP contribution in [0.3, 0.4) is 0 Å². The van der Waals surface area contributed by atoms with Crippen LogP contribution in [0.5, 0.6) is 0 Å². The first-order chi connectivity index (χ1) is 14.2. The SMILES string of the molecule is Fc1cccc(N2CCC[C@H]3[C@@H]2CCN3c2cc(N3CC4CC(C4)C3)ccn2)c1. The molecule has 2 bridgehead atoms. The van der Waals surface area contributed by atoms with Crippen molar-refractivity contribution in [2.24, 2.45) is 11.8 Å². The summed E-state index contributed by atoms with van der Waals surface area (Å²) in [7, 11) is 0. The molecule has 29 heavy (non-hydrogen) atoms. The molecule has 0 spiro atoms. The maximum absolute atomic E-state index is 13.8. The molecule has 0 amide bonds. The van der Waals surface area contributed by atoms with Crippen LogP contribution >= 0.6 is 0 Å². The first-order valence-electron chi connectivity index (χ1n) is 11.2. The monoisotopic (exact) mass is 392 g/mol. The summed E-state index contributed by atoms with van der Waals surface area (Å²) in [5.74, 6) is 2.78. The smallest absolute Gasteiger partial charge is 0.130 e. The van der Waals surface area contributed by atoms with Crippen molar-refractivity contribution in [1.29, 1.82) is 0 Å². The molecule has 0 unspecified atom stereocenters. The van der Waals surface area contributed by atoms with E-state index in [0.29, 0.717) is 12.1 Å². The third-order valence-electron chi connectivity index (χ3n) is 7.63. The summed E-state index contributed by atoms with van der Waals surface area (Å²) in [6.45, 7) is 4.46. The molecule has 5 fully saturated rings. The Morgan fingerprint density at radius 1 is 0.862 bits per heavy atom. The Kier molecular flexibility index (Phi) is 4.17. The van der Waals surface area contributed by atoms with Crippen molar-refractivity contribution in [2.75, 3.05) is 40.9 Å². The first kappa shape index (κ1) is 17.5. The molecular formula is C24H29FN4. The van der Waals surface area contributed by atoms with Gasteiger partial charge in [0.2, 0.25) is 0 Å². The van der Waals surface area contributed by atoms with Gasteiger partial charge in [0.1, 0.15) is 11.6 Å². The van der Waals surface area contributed by atoms with E-state index in [4.69, 9.17) is 4.98 Å². The molecule has 2 atom stereocenters. The van der Waals surface area contributed by atoms with E-state index < -0.39 is 0 Å².